The van der Waals surface area contributed by atoms with Crippen molar-refractivity contribution in [3.8, 4) is 0 Å². The molecule has 4 nitrogen and oxygen atoms in total. The summed E-state index contributed by atoms with van der Waals surface area (Å²) in [7, 11) is 1.64. The Balaban J connectivity index is 2.15. The van der Waals surface area contributed by atoms with Crippen molar-refractivity contribution in [2.75, 3.05) is 26.8 Å². The van der Waals surface area contributed by atoms with Crippen LogP contribution in [0.4, 0.5) is 0 Å². The quantitative estimate of drug-likeness (QED) is 0.663. The van der Waals surface area contributed by atoms with E-state index in [-0.39, 0.29) is 0 Å². The van der Waals surface area contributed by atoms with Crippen LogP contribution >= 0.6 is 0 Å². The van der Waals surface area contributed by atoms with Crippen LogP contribution < -0.4 is 5.32 Å². The predicted molar refractivity (Wildman–Crippen MR) is 67.9 cm³/mol. The van der Waals surface area contributed by atoms with Gasteiger partial charge in [-0.15, -0.1) is 0 Å². The molecule has 0 aromatic carbocycles. The third-order valence-corrected chi connectivity index (χ3v) is 2.63. The van der Waals surface area contributed by atoms with Gasteiger partial charge in [-0.05, 0) is 19.1 Å². The Bertz CT molecular complexity index is 302. The Kier molecular flexibility index (Phi) is 6.11. The smallest absolute Gasteiger partial charge is 0.0765 e. The highest BCUT2D eigenvalue weighted by atomic mass is 16.5. The van der Waals surface area contributed by atoms with Gasteiger partial charge >= 0.3 is 0 Å². The first-order valence-corrected chi connectivity index (χ1v) is 5.96. The lowest BCUT2D eigenvalue weighted by molar-refractivity contribution is 0.0252. The van der Waals surface area contributed by atoms with Crippen molar-refractivity contribution in [3.05, 3.63) is 30.1 Å². The molecule has 0 amide bonds. The number of aromatic nitrogens is 1. The number of nitrogens with one attached hydrogen (secondary N) is 1. The molecule has 1 unspecified atom stereocenters. The number of methoxy groups -OCH3 is 1. The fourth-order valence-electron chi connectivity index (χ4n) is 1.53. The van der Waals surface area contributed by atoms with Gasteiger partial charge in [0, 0.05) is 51.5 Å². The Morgan fingerprint density at radius 2 is 2.29 bits per heavy atom. The van der Waals surface area contributed by atoms with Gasteiger partial charge in [0.15, 0.2) is 0 Å². The first kappa shape index (κ1) is 14.1. The molecular weight excluding hydrogens is 216 g/mol. The van der Waals surface area contributed by atoms with Crippen LogP contribution in [0, 0.1) is 0 Å². The van der Waals surface area contributed by atoms with Crippen LogP contribution in [0.15, 0.2) is 24.4 Å². The Hall–Kier alpha value is -0.970. The van der Waals surface area contributed by atoms with E-state index < -0.39 is 5.60 Å². The summed E-state index contributed by atoms with van der Waals surface area (Å²) >= 11 is 0. The van der Waals surface area contributed by atoms with Crippen molar-refractivity contribution >= 4 is 0 Å². The van der Waals surface area contributed by atoms with Gasteiger partial charge < -0.3 is 15.2 Å². The molecule has 0 aliphatic rings. The van der Waals surface area contributed by atoms with Gasteiger partial charge in [-0.3, -0.25) is 4.98 Å². The fraction of sp³-hybridized carbons (Fsp3) is 0.615. The Morgan fingerprint density at radius 1 is 1.47 bits per heavy atom. The van der Waals surface area contributed by atoms with Crippen molar-refractivity contribution in [1.82, 2.24) is 10.3 Å². The van der Waals surface area contributed by atoms with Crippen molar-refractivity contribution in [2.24, 2.45) is 0 Å². The molecule has 0 fully saturated rings. The molecule has 0 aliphatic heterocycles. The van der Waals surface area contributed by atoms with E-state index in [4.69, 9.17) is 4.74 Å². The van der Waals surface area contributed by atoms with E-state index in [1.54, 1.807) is 13.3 Å². The van der Waals surface area contributed by atoms with Crippen LogP contribution in [0.25, 0.3) is 0 Å². The van der Waals surface area contributed by atoms with Crippen LogP contribution in [-0.2, 0) is 11.2 Å². The third-order valence-electron chi connectivity index (χ3n) is 2.63. The Morgan fingerprint density at radius 3 is 2.94 bits per heavy atom. The van der Waals surface area contributed by atoms with Gasteiger partial charge in [-0.1, -0.05) is 6.07 Å². The van der Waals surface area contributed by atoms with E-state index in [9.17, 15) is 5.11 Å². The summed E-state index contributed by atoms with van der Waals surface area (Å²) in [4.78, 5) is 4.24. The molecule has 1 heterocycles. The average Bonchev–Trinajstić information content (AvgIpc) is 2.34. The lowest BCUT2D eigenvalue weighted by Gasteiger charge is -2.23. The van der Waals surface area contributed by atoms with E-state index in [2.05, 4.69) is 10.3 Å². The predicted octanol–water partition coefficient (Wildman–Crippen LogP) is 1.00. The SMILES string of the molecule is COCCC(C)(O)CNCCc1ccccn1. The minimum Gasteiger partial charge on any atom is -0.389 e. The summed E-state index contributed by atoms with van der Waals surface area (Å²) in [5, 5.41) is 13.2. The van der Waals surface area contributed by atoms with Crippen LogP contribution in [0.3, 0.4) is 0 Å². The average molecular weight is 238 g/mol. The van der Waals surface area contributed by atoms with Crippen LogP contribution in [-0.4, -0.2) is 42.5 Å². The number of aliphatic hydroxyl groups is 1. The Labute approximate surface area is 103 Å². The second-order valence-electron chi connectivity index (χ2n) is 4.49. The molecule has 1 rings (SSSR count). The van der Waals surface area contributed by atoms with E-state index in [0.717, 1.165) is 18.7 Å². The number of hydrogen-bond donors (Lipinski definition) is 2. The van der Waals surface area contributed by atoms with Crippen LogP contribution in [0.5, 0.6) is 0 Å². The topological polar surface area (TPSA) is 54.4 Å². The number of pyridine rings is 1. The highest BCUT2D eigenvalue weighted by Crippen LogP contribution is 2.07. The lowest BCUT2D eigenvalue weighted by Crippen LogP contribution is -2.39. The van der Waals surface area contributed by atoms with E-state index in [1.165, 1.54) is 0 Å². The molecule has 1 aromatic heterocycles. The van der Waals surface area contributed by atoms with Gasteiger partial charge in [0.2, 0.25) is 0 Å². The minimum absolute atomic E-state index is 0.573. The van der Waals surface area contributed by atoms with Crippen molar-refractivity contribution in [1.29, 1.82) is 0 Å². The molecule has 0 saturated carbocycles. The largest absolute Gasteiger partial charge is 0.389 e. The molecule has 2 N–H and O–H groups in total. The molecule has 0 saturated heterocycles. The zero-order valence-electron chi connectivity index (χ0n) is 10.6. The van der Waals surface area contributed by atoms with E-state index in [1.807, 2.05) is 25.1 Å². The second kappa shape index (κ2) is 7.37. The molecular formula is C13H22N2O2. The lowest BCUT2D eigenvalue weighted by atomic mass is 10.0. The maximum atomic E-state index is 9.98. The summed E-state index contributed by atoms with van der Waals surface area (Å²) in [6.45, 7) is 3.79. The molecule has 4 heteroatoms. The van der Waals surface area contributed by atoms with E-state index >= 15 is 0 Å². The third kappa shape index (κ3) is 6.36. The monoisotopic (exact) mass is 238 g/mol. The number of ether oxygens (including phenoxy) is 1. The van der Waals surface area contributed by atoms with Crippen LogP contribution in [0.1, 0.15) is 19.0 Å². The summed E-state index contributed by atoms with van der Waals surface area (Å²) in [6, 6.07) is 5.90. The summed E-state index contributed by atoms with van der Waals surface area (Å²) in [5.41, 5.74) is 0.358. The highest BCUT2D eigenvalue weighted by molar-refractivity contribution is 5.03. The standard InChI is InChI=1S/C13H22N2O2/c1-13(16,7-10-17-2)11-14-9-6-12-5-3-4-8-15-12/h3-5,8,14,16H,6-7,9-11H2,1-2H3. The number of rotatable bonds is 8. The van der Waals surface area contributed by atoms with Crippen molar-refractivity contribution in [2.45, 2.75) is 25.4 Å². The van der Waals surface area contributed by atoms with Gasteiger partial charge in [0.1, 0.15) is 0 Å². The maximum absolute atomic E-state index is 9.98. The van der Waals surface area contributed by atoms with Crippen molar-refractivity contribution in [3.63, 3.8) is 0 Å². The van der Waals surface area contributed by atoms with Gasteiger partial charge in [0.25, 0.3) is 0 Å². The number of nitrogens with zero attached hydrogens (tertiary/aromatic N) is 1. The maximum Gasteiger partial charge on any atom is 0.0765 e. The summed E-state index contributed by atoms with van der Waals surface area (Å²) < 4.78 is 4.96. The first-order chi connectivity index (χ1) is 8.14. The number of hydrogen-bond acceptors (Lipinski definition) is 4. The van der Waals surface area contributed by atoms with Gasteiger partial charge in [0.05, 0.1) is 5.60 Å². The van der Waals surface area contributed by atoms with E-state index in [0.29, 0.717) is 19.6 Å². The van der Waals surface area contributed by atoms with Crippen LogP contribution in [0.2, 0.25) is 0 Å². The molecule has 17 heavy (non-hydrogen) atoms. The fourth-order valence-corrected chi connectivity index (χ4v) is 1.53. The summed E-state index contributed by atoms with van der Waals surface area (Å²) in [6.07, 6.45) is 3.31. The summed E-state index contributed by atoms with van der Waals surface area (Å²) in [5.74, 6) is 0. The second-order valence-corrected chi connectivity index (χ2v) is 4.49. The molecule has 1 atom stereocenters. The van der Waals surface area contributed by atoms with Crippen molar-refractivity contribution < 1.29 is 9.84 Å². The van der Waals surface area contributed by atoms with Gasteiger partial charge in [-0.25, -0.2) is 0 Å². The molecule has 96 valence electrons. The minimum atomic E-state index is -0.708. The first-order valence-electron chi connectivity index (χ1n) is 5.96. The molecule has 1 aromatic rings. The highest BCUT2D eigenvalue weighted by Gasteiger charge is 2.18. The molecule has 0 aliphatic carbocycles. The normalized spacial score (nSPS) is 14.5. The van der Waals surface area contributed by atoms with Gasteiger partial charge in [-0.2, -0.15) is 0 Å². The zero-order chi connectivity index (χ0) is 12.6. The molecule has 0 bridgehead atoms. The zero-order valence-corrected chi connectivity index (χ0v) is 10.6. The molecule has 0 spiro atoms. The molecule has 0 radical (unpaired) electrons.